The average molecular weight is 320 g/mol. The molecule has 1 atom stereocenters. The van der Waals surface area contributed by atoms with Crippen LogP contribution in [0, 0.1) is 5.41 Å². The second-order valence-electron chi connectivity index (χ2n) is 8.31. The highest BCUT2D eigenvalue weighted by molar-refractivity contribution is 5.77. The van der Waals surface area contributed by atoms with Crippen LogP contribution < -0.4 is 5.32 Å². The van der Waals surface area contributed by atoms with E-state index in [1.165, 1.54) is 27.8 Å². The van der Waals surface area contributed by atoms with Crippen molar-refractivity contribution >= 4 is 0 Å². The lowest BCUT2D eigenvalue weighted by atomic mass is 9.80. The smallest absolute Gasteiger partial charge is 0.0397 e. The molecule has 2 aliphatic rings. The van der Waals surface area contributed by atoms with Crippen molar-refractivity contribution in [2.24, 2.45) is 5.41 Å². The summed E-state index contributed by atoms with van der Waals surface area (Å²) in [4.78, 5) is 2.67. The van der Waals surface area contributed by atoms with Crippen LogP contribution in [0.15, 0.2) is 42.5 Å². The second-order valence-corrected chi connectivity index (χ2v) is 8.31. The maximum absolute atomic E-state index is 3.48. The summed E-state index contributed by atoms with van der Waals surface area (Å²) in [6, 6.07) is 16.5. The van der Waals surface area contributed by atoms with E-state index in [0.717, 1.165) is 32.6 Å². The van der Waals surface area contributed by atoms with Crippen LogP contribution >= 0.6 is 0 Å². The van der Waals surface area contributed by atoms with Crippen molar-refractivity contribution in [3.63, 3.8) is 0 Å². The van der Waals surface area contributed by atoms with Crippen molar-refractivity contribution in [2.75, 3.05) is 26.2 Å². The third kappa shape index (κ3) is 2.78. The van der Waals surface area contributed by atoms with E-state index in [9.17, 15) is 0 Å². The van der Waals surface area contributed by atoms with Crippen molar-refractivity contribution in [1.82, 2.24) is 10.2 Å². The van der Waals surface area contributed by atoms with E-state index in [2.05, 4.69) is 73.5 Å². The Morgan fingerprint density at radius 2 is 1.62 bits per heavy atom. The van der Waals surface area contributed by atoms with Crippen LogP contribution in [0.3, 0.4) is 0 Å². The Morgan fingerprint density at radius 3 is 2.38 bits per heavy atom. The third-order valence-corrected chi connectivity index (χ3v) is 5.47. The average Bonchev–Trinajstić information content (AvgIpc) is 2.92. The molecule has 2 nitrogen and oxygen atoms in total. The molecule has 4 rings (SSSR count). The van der Waals surface area contributed by atoms with Gasteiger partial charge in [-0.1, -0.05) is 63.2 Å². The lowest BCUT2D eigenvalue weighted by Gasteiger charge is -2.42. The monoisotopic (exact) mass is 320 g/mol. The molecule has 1 N–H and O–H groups in total. The molecule has 126 valence electrons. The van der Waals surface area contributed by atoms with Gasteiger partial charge in [0, 0.05) is 32.2 Å². The summed E-state index contributed by atoms with van der Waals surface area (Å²) >= 11 is 0. The van der Waals surface area contributed by atoms with Crippen LogP contribution in [-0.4, -0.2) is 31.1 Å². The number of hydrogen-bond acceptors (Lipinski definition) is 2. The highest BCUT2D eigenvalue weighted by Crippen LogP contribution is 2.42. The molecule has 1 aliphatic heterocycles. The van der Waals surface area contributed by atoms with Crippen LogP contribution in [0.5, 0.6) is 0 Å². The predicted octanol–water partition coefficient (Wildman–Crippen LogP) is 4.25. The van der Waals surface area contributed by atoms with Gasteiger partial charge in [0.25, 0.3) is 0 Å². The third-order valence-electron chi connectivity index (χ3n) is 5.47. The molecule has 0 saturated carbocycles. The summed E-state index contributed by atoms with van der Waals surface area (Å²) in [6.07, 6.45) is 1.08. The molecule has 0 radical (unpaired) electrons. The zero-order valence-corrected chi connectivity index (χ0v) is 15.1. The second kappa shape index (κ2) is 6.02. The predicted molar refractivity (Wildman–Crippen MR) is 101 cm³/mol. The molecule has 0 aromatic heterocycles. The van der Waals surface area contributed by atoms with E-state index >= 15 is 0 Å². The Kier molecular flexibility index (Phi) is 3.98. The van der Waals surface area contributed by atoms with E-state index in [-0.39, 0.29) is 5.41 Å². The van der Waals surface area contributed by atoms with Gasteiger partial charge in [0.1, 0.15) is 0 Å². The largest absolute Gasteiger partial charge is 0.314 e. The summed E-state index contributed by atoms with van der Waals surface area (Å²) in [7, 11) is 0. The van der Waals surface area contributed by atoms with Crippen molar-refractivity contribution in [1.29, 1.82) is 0 Å². The van der Waals surface area contributed by atoms with E-state index in [0.29, 0.717) is 6.04 Å². The van der Waals surface area contributed by atoms with Gasteiger partial charge < -0.3 is 5.32 Å². The van der Waals surface area contributed by atoms with Crippen LogP contribution in [0.4, 0.5) is 0 Å². The fraction of sp³-hybridized carbons (Fsp3) is 0.455. The SMILES string of the molecule is CC(C)(C)[C@@H](c1ccc2c(c1)Cc1ccccc1-2)N1CCNCC1. The minimum atomic E-state index is 0.233. The van der Waals surface area contributed by atoms with Gasteiger partial charge in [-0.15, -0.1) is 0 Å². The van der Waals surface area contributed by atoms with Gasteiger partial charge in [0.15, 0.2) is 0 Å². The topological polar surface area (TPSA) is 15.3 Å². The van der Waals surface area contributed by atoms with E-state index < -0.39 is 0 Å². The van der Waals surface area contributed by atoms with E-state index in [1.807, 2.05) is 0 Å². The van der Waals surface area contributed by atoms with Crippen LogP contribution in [0.1, 0.15) is 43.5 Å². The van der Waals surface area contributed by atoms with Crippen molar-refractivity contribution < 1.29 is 0 Å². The van der Waals surface area contributed by atoms with Gasteiger partial charge in [-0.05, 0) is 39.7 Å². The number of fused-ring (bicyclic) bond motifs is 3. The van der Waals surface area contributed by atoms with Crippen molar-refractivity contribution in [2.45, 2.75) is 33.2 Å². The van der Waals surface area contributed by atoms with Gasteiger partial charge in [0.2, 0.25) is 0 Å². The van der Waals surface area contributed by atoms with Crippen LogP contribution in [-0.2, 0) is 6.42 Å². The Labute approximate surface area is 145 Å². The van der Waals surface area contributed by atoms with E-state index in [1.54, 1.807) is 0 Å². The maximum Gasteiger partial charge on any atom is 0.0397 e. The minimum absolute atomic E-state index is 0.233. The molecule has 1 heterocycles. The molecule has 1 fully saturated rings. The highest BCUT2D eigenvalue weighted by Gasteiger charge is 2.33. The first kappa shape index (κ1) is 15.9. The van der Waals surface area contributed by atoms with Gasteiger partial charge in [0.05, 0.1) is 0 Å². The fourth-order valence-electron chi connectivity index (χ4n) is 4.53. The lowest BCUT2D eigenvalue weighted by Crippen LogP contribution is -2.48. The van der Waals surface area contributed by atoms with Gasteiger partial charge in [-0.2, -0.15) is 0 Å². The quantitative estimate of drug-likeness (QED) is 0.759. The van der Waals surface area contributed by atoms with Crippen LogP contribution in [0.2, 0.25) is 0 Å². The molecule has 0 spiro atoms. The summed E-state index contributed by atoms with van der Waals surface area (Å²) in [5.41, 5.74) is 7.54. The normalized spacial score (nSPS) is 19.0. The molecule has 1 aliphatic carbocycles. The number of benzene rings is 2. The number of nitrogens with zero attached hydrogens (tertiary/aromatic N) is 1. The van der Waals surface area contributed by atoms with E-state index in [4.69, 9.17) is 0 Å². The maximum atomic E-state index is 3.48. The Hall–Kier alpha value is -1.64. The minimum Gasteiger partial charge on any atom is -0.314 e. The molecule has 2 aromatic rings. The van der Waals surface area contributed by atoms with Gasteiger partial charge >= 0.3 is 0 Å². The molecule has 0 amide bonds. The van der Waals surface area contributed by atoms with Crippen molar-refractivity contribution in [3.05, 3.63) is 59.2 Å². The standard InChI is InChI=1S/C22H28N2/c1-22(2,3)21(24-12-10-23-11-13-24)17-8-9-20-18(15-17)14-16-6-4-5-7-19(16)20/h4-9,15,21,23H,10-14H2,1-3H3/t21-/m1/s1. The number of nitrogens with one attached hydrogen (secondary N) is 1. The molecular formula is C22H28N2. The van der Waals surface area contributed by atoms with Gasteiger partial charge in [-0.25, -0.2) is 0 Å². The van der Waals surface area contributed by atoms with Gasteiger partial charge in [-0.3, -0.25) is 4.90 Å². The Bertz CT molecular complexity index is 736. The first-order chi connectivity index (χ1) is 11.5. The first-order valence-electron chi connectivity index (χ1n) is 9.20. The zero-order chi connectivity index (χ0) is 16.7. The summed E-state index contributed by atoms with van der Waals surface area (Å²) in [5.74, 6) is 0. The number of piperazine rings is 1. The highest BCUT2D eigenvalue weighted by atomic mass is 15.2. The molecular weight excluding hydrogens is 292 g/mol. The fourth-order valence-corrected chi connectivity index (χ4v) is 4.53. The summed E-state index contributed by atoms with van der Waals surface area (Å²) < 4.78 is 0. The molecule has 24 heavy (non-hydrogen) atoms. The zero-order valence-electron chi connectivity index (χ0n) is 15.1. The Morgan fingerprint density at radius 1 is 0.917 bits per heavy atom. The van der Waals surface area contributed by atoms with Crippen molar-refractivity contribution in [3.8, 4) is 11.1 Å². The molecule has 2 heteroatoms. The molecule has 0 bridgehead atoms. The first-order valence-corrected chi connectivity index (χ1v) is 9.20. The Balaban J connectivity index is 1.71. The van der Waals surface area contributed by atoms with Crippen LogP contribution in [0.25, 0.3) is 11.1 Å². The molecule has 1 saturated heterocycles. The summed E-state index contributed by atoms with van der Waals surface area (Å²) in [5, 5.41) is 3.48. The molecule has 0 unspecified atom stereocenters. The number of rotatable bonds is 2. The molecule has 2 aromatic carbocycles. The number of hydrogen-bond donors (Lipinski definition) is 1. The summed E-state index contributed by atoms with van der Waals surface area (Å²) in [6.45, 7) is 11.6. The lowest BCUT2D eigenvalue weighted by molar-refractivity contribution is 0.0862.